The highest BCUT2D eigenvalue weighted by molar-refractivity contribution is 7.16. The number of thiazole rings is 1. The van der Waals surface area contributed by atoms with Crippen LogP contribution in [-0.2, 0) is 16.1 Å². The van der Waals surface area contributed by atoms with Gasteiger partial charge in [0, 0.05) is 5.02 Å². The maximum atomic E-state index is 12.6. The van der Waals surface area contributed by atoms with E-state index in [-0.39, 0.29) is 23.7 Å². The van der Waals surface area contributed by atoms with Gasteiger partial charge in [-0.1, -0.05) is 52.2 Å². The van der Waals surface area contributed by atoms with Gasteiger partial charge in [0.05, 0.1) is 32.4 Å². The van der Waals surface area contributed by atoms with E-state index in [1.807, 2.05) is 6.07 Å². The molecule has 27 heavy (non-hydrogen) atoms. The minimum absolute atomic E-state index is 0.113. The topological polar surface area (TPSA) is 60.7 Å². The normalized spacial score (nSPS) is 11.8. The molecule has 0 N–H and O–H groups in total. The number of carbonyl (C=O) groups is 2. The Morgan fingerprint density at radius 3 is 2.63 bits per heavy atom. The maximum Gasteiger partial charge on any atom is 0.326 e. The molecule has 5 nitrogen and oxygen atoms in total. The first-order valence-corrected chi connectivity index (χ1v) is 9.83. The summed E-state index contributed by atoms with van der Waals surface area (Å²) in [5.41, 5.74) is 0.832. The molecule has 1 aromatic heterocycles. The third-order valence-electron chi connectivity index (χ3n) is 3.60. The van der Waals surface area contributed by atoms with Crippen LogP contribution in [0.15, 0.2) is 41.4 Å². The second kappa shape index (κ2) is 8.44. The number of benzene rings is 2. The Kier molecular flexibility index (Phi) is 6.22. The second-order valence-corrected chi connectivity index (χ2v) is 7.66. The molecule has 0 aliphatic rings. The lowest BCUT2D eigenvalue weighted by molar-refractivity contribution is -0.143. The summed E-state index contributed by atoms with van der Waals surface area (Å²) in [6, 6.07) is 9.88. The molecule has 0 aliphatic heterocycles. The first-order valence-electron chi connectivity index (χ1n) is 7.88. The summed E-state index contributed by atoms with van der Waals surface area (Å²) < 4.78 is 7.38. The number of nitrogens with zero attached hydrogens (tertiary/aromatic N) is 2. The second-order valence-electron chi connectivity index (χ2n) is 5.40. The largest absolute Gasteiger partial charge is 0.465 e. The number of esters is 1. The molecule has 1 amide bonds. The van der Waals surface area contributed by atoms with E-state index >= 15 is 0 Å². The first-order chi connectivity index (χ1) is 12.9. The van der Waals surface area contributed by atoms with Gasteiger partial charge in [0.25, 0.3) is 5.91 Å². The summed E-state index contributed by atoms with van der Waals surface area (Å²) in [4.78, 5) is 29.1. The lowest BCUT2D eigenvalue weighted by Crippen LogP contribution is -2.23. The predicted molar refractivity (Wildman–Crippen MR) is 108 cm³/mol. The summed E-state index contributed by atoms with van der Waals surface area (Å²) in [7, 11) is 0. The van der Waals surface area contributed by atoms with Crippen molar-refractivity contribution in [2.75, 3.05) is 6.61 Å². The van der Waals surface area contributed by atoms with Gasteiger partial charge in [0.15, 0.2) is 4.80 Å². The molecule has 0 saturated heterocycles. The van der Waals surface area contributed by atoms with Crippen LogP contribution in [0.4, 0.5) is 0 Å². The molecule has 0 fully saturated rings. The van der Waals surface area contributed by atoms with E-state index in [9.17, 15) is 9.59 Å². The molecule has 1 heterocycles. The van der Waals surface area contributed by atoms with Gasteiger partial charge < -0.3 is 9.30 Å². The van der Waals surface area contributed by atoms with Crippen molar-refractivity contribution in [1.82, 2.24) is 4.57 Å². The lowest BCUT2D eigenvalue weighted by Gasteiger charge is -2.06. The Balaban J connectivity index is 2.14. The smallest absolute Gasteiger partial charge is 0.326 e. The molecular formula is C18H13Cl3N2O3S. The van der Waals surface area contributed by atoms with Crippen molar-refractivity contribution < 1.29 is 14.3 Å². The highest BCUT2D eigenvalue weighted by Gasteiger charge is 2.16. The van der Waals surface area contributed by atoms with Gasteiger partial charge in [-0.25, -0.2) is 0 Å². The zero-order valence-corrected chi connectivity index (χ0v) is 17.1. The van der Waals surface area contributed by atoms with Crippen LogP contribution in [0.1, 0.15) is 17.3 Å². The van der Waals surface area contributed by atoms with Gasteiger partial charge in [0.1, 0.15) is 6.54 Å². The van der Waals surface area contributed by atoms with E-state index in [4.69, 9.17) is 39.5 Å². The zero-order valence-electron chi connectivity index (χ0n) is 14.0. The molecule has 2 aromatic carbocycles. The number of halogens is 3. The molecule has 0 spiro atoms. The van der Waals surface area contributed by atoms with Crippen LogP contribution in [0, 0.1) is 0 Å². The average molecular weight is 444 g/mol. The van der Waals surface area contributed by atoms with E-state index in [1.165, 1.54) is 23.5 Å². The van der Waals surface area contributed by atoms with Crippen LogP contribution in [-0.4, -0.2) is 23.1 Å². The van der Waals surface area contributed by atoms with Gasteiger partial charge in [-0.3, -0.25) is 9.59 Å². The highest BCUT2D eigenvalue weighted by atomic mass is 35.5. The van der Waals surface area contributed by atoms with Crippen molar-refractivity contribution in [3.63, 3.8) is 0 Å². The quantitative estimate of drug-likeness (QED) is 0.535. The number of para-hydroxylation sites is 1. The molecule has 0 aliphatic carbocycles. The van der Waals surface area contributed by atoms with Crippen molar-refractivity contribution in [3.05, 3.63) is 61.8 Å². The molecule has 140 valence electrons. The third-order valence-corrected chi connectivity index (χ3v) is 5.50. The fraction of sp³-hybridized carbons (Fsp3) is 0.167. The van der Waals surface area contributed by atoms with Crippen LogP contribution >= 0.6 is 46.1 Å². The van der Waals surface area contributed by atoms with Crippen molar-refractivity contribution in [3.8, 4) is 0 Å². The number of hydrogen-bond donors (Lipinski definition) is 0. The monoisotopic (exact) mass is 442 g/mol. The van der Waals surface area contributed by atoms with E-state index < -0.39 is 11.9 Å². The van der Waals surface area contributed by atoms with Gasteiger partial charge >= 0.3 is 5.97 Å². The molecular weight excluding hydrogens is 431 g/mol. The summed E-state index contributed by atoms with van der Waals surface area (Å²) in [5.74, 6) is -0.993. The van der Waals surface area contributed by atoms with Crippen LogP contribution in [0.25, 0.3) is 10.2 Å². The first kappa shape index (κ1) is 19.9. The molecule has 0 unspecified atom stereocenters. The Morgan fingerprint density at radius 1 is 1.15 bits per heavy atom. The molecule has 3 aromatic rings. The van der Waals surface area contributed by atoms with E-state index in [1.54, 1.807) is 29.7 Å². The molecule has 3 rings (SSSR count). The predicted octanol–water partition coefficient (Wildman–Crippen LogP) is 4.97. The maximum absolute atomic E-state index is 12.6. The van der Waals surface area contributed by atoms with Gasteiger partial charge in [0.2, 0.25) is 0 Å². The van der Waals surface area contributed by atoms with Crippen LogP contribution in [0.3, 0.4) is 0 Å². The number of amides is 1. The van der Waals surface area contributed by atoms with Crippen molar-refractivity contribution in [2.24, 2.45) is 4.99 Å². The summed E-state index contributed by atoms with van der Waals surface area (Å²) in [6.07, 6.45) is 0. The molecule has 0 radical (unpaired) electrons. The number of fused-ring (bicyclic) bond motifs is 1. The number of rotatable bonds is 4. The molecule has 9 heteroatoms. The van der Waals surface area contributed by atoms with Crippen LogP contribution in [0.5, 0.6) is 0 Å². The Bertz CT molecular complexity index is 1100. The number of aromatic nitrogens is 1. The average Bonchev–Trinajstić information content (AvgIpc) is 2.93. The number of hydrogen-bond acceptors (Lipinski definition) is 4. The highest BCUT2D eigenvalue weighted by Crippen LogP contribution is 2.26. The van der Waals surface area contributed by atoms with Crippen molar-refractivity contribution >= 4 is 68.2 Å². The van der Waals surface area contributed by atoms with E-state index in [0.29, 0.717) is 20.4 Å². The minimum Gasteiger partial charge on any atom is -0.465 e. The summed E-state index contributed by atoms with van der Waals surface area (Å²) >= 11 is 19.5. The minimum atomic E-state index is -0.544. The SMILES string of the molecule is CCOC(=O)Cn1c(=NC(=O)c2ccc(Cl)cc2Cl)sc2cccc(Cl)c21. The van der Waals surface area contributed by atoms with Crippen molar-refractivity contribution in [2.45, 2.75) is 13.5 Å². The van der Waals surface area contributed by atoms with Gasteiger partial charge in [-0.05, 0) is 37.3 Å². The Morgan fingerprint density at radius 2 is 1.93 bits per heavy atom. The zero-order chi connectivity index (χ0) is 19.6. The number of ether oxygens (including phenoxy) is 1. The van der Waals surface area contributed by atoms with Crippen LogP contribution < -0.4 is 4.80 Å². The molecule has 0 saturated carbocycles. The summed E-state index contributed by atoms with van der Waals surface area (Å²) in [5, 5.41) is 1.07. The van der Waals surface area contributed by atoms with E-state index in [2.05, 4.69) is 4.99 Å². The Hall–Kier alpha value is -1.86. The van der Waals surface area contributed by atoms with E-state index in [0.717, 1.165) is 4.70 Å². The third kappa shape index (κ3) is 4.35. The fourth-order valence-electron chi connectivity index (χ4n) is 2.46. The standard InChI is InChI=1S/C18H13Cl3N2O3S/c1-2-26-15(24)9-23-16-12(20)4-3-5-14(16)27-18(23)22-17(25)11-7-6-10(19)8-13(11)21/h3-8H,2,9H2,1H3. The number of carbonyl (C=O) groups excluding carboxylic acids is 2. The molecule has 0 bridgehead atoms. The molecule has 0 atom stereocenters. The van der Waals surface area contributed by atoms with Gasteiger partial charge in [-0.2, -0.15) is 4.99 Å². The lowest BCUT2D eigenvalue weighted by atomic mass is 10.2. The Labute approximate surface area is 173 Å². The fourth-order valence-corrected chi connectivity index (χ4v) is 4.34. The van der Waals surface area contributed by atoms with Crippen LogP contribution in [0.2, 0.25) is 15.1 Å². The van der Waals surface area contributed by atoms with Gasteiger partial charge in [-0.15, -0.1) is 0 Å². The summed E-state index contributed by atoms with van der Waals surface area (Å²) in [6.45, 7) is 1.86. The van der Waals surface area contributed by atoms with Crippen molar-refractivity contribution in [1.29, 1.82) is 0 Å².